The Bertz CT molecular complexity index is 217. The number of hydrogen-bond donors (Lipinski definition) is 1. The van der Waals surface area contributed by atoms with Gasteiger partial charge in [-0.3, -0.25) is 5.32 Å². The smallest absolute Gasteiger partial charge is 0.150 e. The lowest BCUT2D eigenvalue weighted by molar-refractivity contribution is -0.139. The predicted molar refractivity (Wildman–Crippen MR) is 50.5 cm³/mol. The van der Waals surface area contributed by atoms with Gasteiger partial charge < -0.3 is 9.47 Å². The molecule has 2 saturated heterocycles. The van der Waals surface area contributed by atoms with Gasteiger partial charge in [0.2, 0.25) is 0 Å². The summed E-state index contributed by atoms with van der Waals surface area (Å²) in [7, 11) is 0. The highest BCUT2D eigenvalue weighted by atomic mass is 16.6. The Kier molecular flexibility index (Phi) is 1.79. The molecule has 0 radical (unpaired) electrons. The first kappa shape index (κ1) is 9.44. The molecule has 1 unspecified atom stereocenters. The number of hydrogen-bond acceptors (Lipinski definition) is 3. The summed E-state index contributed by atoms with van der Waals surface area (Å²) < 4.78 is 11.8. The van der Waals surface area contributed by atoms with Gasteiger partial charge in [-0.25, -0.2) is 0 Å². The van der Waals surface area contributed by atoms with Crippen molar-refractivity contribution in [3.63, 3.8) is 0 Å². The van der Waals surface area contributed by atoms with E-state index in [-0.39, 0.29) is 16.9 Å². The molecule has 0 bridgehead atoms. The van der Waals surface area contributed by atoms with Gasteiger partial charge in [-0.15, -0.1) is 0 Å². The second kappa shape index (κ2) is 2.47. The van der Waals surface area contributed by atoms with Crippen LogP contribution in [0.25, 0.3) is 0 Å². The van der Waals surface area contributed by atoms with E-state index in [1.165, 1.54) is 0 Å². The molecule has 0 saturated carbocycles. The molecule has 0 aromatic heterocycles. The van der Waals surface area contributed by atoms with Gasteiger partial charge in [-0.1, -0.05) is 0 Å². The molecule has 1 spiro atoms. The Labute approximate surface area is 79.8 Å². The molecule has 0 aromatic rings. The van der Waals surface area contributed by atoms with E-state index in [0.717, 1.165) is 19.6 Å². The van der Waals surface area contributed by atoms with Gasteiger partial charge in [0.15, 0.2) is 5.72 Å². The van der Waals surface area contributed by atoms with Gasteiger partial charge in [0.1, 0.15) is 5.60 Å². The molecular weight excluding hydrogens is 166 g/mol. The second-order valence-electron chi connectivity index (χ2n) is 5.15. The highest BCUT2D eigenvalue weighted by molar-refractivity contribution is 5.07. The summed E-state index contributed by atoms with van der Waals surface area (Å²) in [6.45, 7) is 10.2. The summed E-state index contributed by atoms with van der Waals surface area (Å²) in [5.41, 5.74) is -0.565. The third-order valence-corrected chi connectivity index (χ3v) is 3.04. The predicted octanol–water partition coefficient (Wildman–Crippen LogP) is 1.28. The fourth-order valence-corrected chi connectivity index (χ4v) is 2.65. The Morgan fingerprint density at radius 2 is 1.85 bits per heavy atom. The molecule has 2 heterocycles. The molecule has 76 valence electrons. The molecule has 2 aliphatic rings. The lowest BCUT2D eigenvalue weighted by Crippen LogP contribution is -2.54. The Morgan fingerprint density at radius 3 is 2.23 bits per heavy atom. The maximum Gasteiger partial charge on any atom is 0.150 e. The maximum atomic E-state index is 5.99. The van der Waals surface area contributed by atoms with Crippen LogP contribution in [-0.2, 0) is 9.47 Å². The van der Waals surface area contributed by atoms with E-state index in [1.54, 1.807) is 0 Å². The van der Waals surface area contributed by atoms with E-state index in [0.29, 0.717) is 0 Å². The lowest BCUT2D eigenvalue weighted by atomic mass is 9.90. The van der Waals surface area contributed by atoms with Crippen molar-refractivity contribution in [1.29, 1.82) is 0 Å². The molecule has 1 N–H and O–H groups in total. The van der Waals surface area contributed by atoms with Crippen LogP contribution in [0.4, 0.5) is 0 Å². The zero-order valence-corrected chi connectivity index (χ0v) is 8.94. The van der Waals surface area contributed by atoms with Crippen molar-refractivity contribution in [2.24, 2.45) is 0 Å². The fourth-order valence-electron chi connectivity index (χ4n) is 2.65. The highest BCUT2D eigenvalue weighted by Crippen LogP contribution is 2.46. The zero-order chi connectivity index (χ0) is 9.74. The van der Waals surface area contributed by atoms with Crippen LogP contribution in [0.5, 0.6) is 0 Å². The summed E-state index contributed by atoms with van der Waals surface area (Å²) >= 11 is 0. The van der Waals surface area contributed by atoms with Crippen molar-refractivity contribution in [3.8, 4) is 0 Å². The number of nitrogens with one attached hydrogen (secondary N) is 1. The van der Waals surface area contributed by atoms with E-state index in [9.17, 15) is 0 Å². The average molecular weight is 185 g/mol. The number of ether oxygens (including phenoxy) is 2. The third-order valence-electron chi connectivity index (χ3n) is 3.04. The summed E-state index contributed by atoms with van der Waals surface area (Å²) in [6, 6.07) is 0. The Hall–Kier alpha value is -0.120. The van der Waals surface area contributed by atoms with Crippen molar-refractivity contribution in [2.45, 2.75) is 51.0 Å². The minimum atomic E-state index is -0.253. The molecule has 2 fully saturated rings. The van der Waals surface area contributed by atoms with Crippen LogP contribution in [0, 0.1) is 0 Å². The maximum absolute atomic E-state index is 5.99. The summed E-state index contributed by atoms with van der Waals surface area (Å²) in [6.07, 6.45) is 0.924. The molecule has 3 nitrogen and oxygen atoms in total. The first-order valence-corrected chi connectivity index (χ1v) is 4.96. The van der Waals surface area contributed by atoms with Crippen molar-refractivity contribution in [2.75, 3.05) is 13.2 Å². The third kappa shape index (κ3) is 1.30. The van der Waals surface area contributed by atoms with Crippen molar-refractivity contribution in [1.82, 2.24) is 5.32 Å². The first-order chi connectivity index (χ1) is 5.87. The Balaban J connectivity index is 2.28. The van der Waals surface area contributed by atoms with Gasteiger partial charge >= 0.3 is 0 Å². The van der Waals surface area contributed by atoms with E-state index in [4.69, 9.17) is 9.47 Å². The van der Waals surface area contributed by atoms with Crippen LogP contribution in [0.1, 0.15) is 34.1 Å². The van der Waals surface area contributed by atoms with E-state index >= 15 is 0 Å². The molecular formula is C10H19NO2. The fraction of sp³-hybridized carbons (Fsp3) is 1.00. The average Bonchev–Trinajstić information content (AvgIpc) is 2.38. The molecule has 2 rings (SSSR count). The SMILES string of the molecule is CC1(C)CC2(NCCO2)C(C)(C)O1. The van der Waals surface area contributed by atoms with Crippen molar-refractivity contribution >= 4 is 0 Å². The molecule has 13 heavy (non-hydrogen) atoms. The summed E-state index contributed by atoms with van der Waals surface area (Å²) in [5.74, 6) is 0. The molecule has 2 aliphatic heterocycles. The minimum Gasteiger partial charge on any atom is -0.365 e. The van der Waals surface area contributed by atoms with Gasteiger partial charge in [0, 0.05) is 13.0 Å². The van der Waals surface area contributed by atoms with Crippen molar-refractivity contribution < 1.29 is 9.47 Å². The van der Waals surface area contributed by atoms with Crippen LogP contribution in [-0.4, -0.2) is 30.1 Å². The van der Waals surface area contributed by atoms with Gasteiger partial charge in [0.05, 0.1) is 12.2 Å². The standard InChI is InChI=1S/C10H19NO2/c1-8(2)7-10(9(3,4)13-8)11-5-6-12-10/h11H,5-7H2,1-4H3. The molecule has 0 aromatic carbocycles. The van der Waals surface area contributed by atoms with E-state index in [2.05, 4.69) is 33.0 Å². The minimum absolute atomic E-state index is 0.0825. The molecule has 1 atom stereocenters. The van der Waals surface area contributed by atoms with Crippen LogP contribution in [0.3, 0.4) is 0 Å². The van der Waals surface area contributed by atoms with Crippen LogP contribution >= 0.6 is 0 Å². The normalized spacial score (nSPS) is 41.5. The van der Waals surface area contributed by atoms with Crippen LogP contribution in [0.15, 0.2) is 0 Å². The van der Waals surface area contributed by atoms with Crippen LogP contribution in [0.2, 0.25) is 0 Å². The zero-order valence-electron chi connectivity index (χ0n) is 8.94. The van der Waals surface area contributed by atoms with E-state index < -0.39 is 0 Å². The first-order valence-electron chi connectivity index (χ1n) is 4.96. The quantitative estimate of drug-likeness (QED) is 0.616. The number of rotatable bonds is 0. The van der Waals surface area contributed by atoms with Crippen molar-refractivity contribution in [3.05, 3.63) is 0 Å². The monoisotopic (exact) mass is 185 g/mol. The van der Waals surface area contributed by atoms with E-state index in [1.807, 2.05) is 0 Å². The molecule has 3 heteroatoms. The Morgan fingerprint density at radius 1 is 1.15 bits per heavy atom. The van der Waals surface area contributed by atoms with Gasteiger partial charge in [0.25, 0.3) is 0 Å². The van der Waals surface area contributed by atoms with Crippen LogP contribution < -0.4 is 5.32 Å². The highest BCUT2D eigenvalue weighted by Gasteiger charge is 2.59. The molecule has 0 amide bonds. The topological polar surface area (TPSA) is 30.5 Å². The summed E-state index contributed by atoms with van der Waals surface area (Å²) in [4.78, 5) is 0. The largest absolute Gasteiger partial charge is 0.365 e. The summed E-state index contributed by atoms with van der Waals surface area (Å²) in [5, 5.41) is 3.43. The van der Waals surface area contributed by atoms with Gasteiger partial charge in [-0.2, -0.15) is 0 Å². The van der Waals surface area contributed by atoms with Gasteiger partial charge in [-0.05, 0) is 27.7 Å². The lowest BCUT2D eigenvalue weighted by Gasteiger charge is -2.35. The molecule has 0 aliphatic carbocycles. The second-order valence-corrected chi connectivity index (χ2v) is 5.15.